The summed E-state index contributed by atoms with van der Waals surface area (Å²) in [5, 5.41) is 13.6. The summed E-state index contributed by atoms with van der Waals surface area (Å²) in [5.41, 5.74) is 6.74. The van der Waals surface area contributed by atoms with Gasteiger partial charge in [0.25, 0.3) is 0 Å². The van der Waals surface area contributed by atoms with Crippen molar-refractivity contribution in [3.63, 3.8) is 0 Å². The molecule has 0 unspecified atom stereocenters. The molecule has 1 amide bonds. The number of halogens is 3. The molecule has 3 N–H and O–H groups in total. The number of aromatic nitrogens is 5. The molecule has 0 spiro atoms. The van der Waals surface area contributed by atoms with Crippen molar-refractivity contribution in [2.45, 2.75) is 6.92 Å². The Hall–Kier alpha value is -4.28. The molecule has 11 heteroatoms. The molecule has 4 rings (SSSR count). The van der Waals surface area contributed by atoms with E-state index in [1.807, 2.05) is 0 Å². The van der Waals surface area contributed by atoms with Crippen LogP contribution in [0.4, 0.5) is 24.7 Å². The quantitative estimate of drug-likeness (QED) is 0.519. The summed E-state index contributed by atoms with van der Waals surface area (Å²) in [5.74, 6) is -3.16. The number of carbonyl (C=O) groups excluding carboxylic acids is 1. The van der Waals surface area contributed by atoms with Crippen molar-refractivity contribution in [2.24, 2.45) is 0 Å². The first-order valence-electron chi connectivity index (χ1n) is 8.91. The van der Waals surface area contributed by atoms with Gasteiger partial charge in [-0.3, -0.25) is 4.79 Å². The summed E-state index contributed by atoms with van der Waals surface area (Å²) in [6.07, 6.45) is 1.35. The number of benzene rings is 2. The number of tetrazole rings is 1. The number of nitrogens with two attached hydrogens (primary N) is 1. The average molecular weight is 425 g/mol. The number of amides is 1. The third kappa shape index (κ3) is 3.80. The molecule has 0 atom stereocenters. The van der Waals surface area contributed by atoms with Gasteiger partial charge >= 0.3 is 0 Å². The minimum absolute atomic E-state index is 0.00638. The monoisotopic (exact) mass is 425 g/mol. The fourth-order valence-electron chi connectivity index (χ4n) is 3.01. The normalized spacial score (nSPS) is 10.8. The second-order valence-electron chi connectivity index (χ2n) is 6.52. The fraction of sp³-hybridized carbons (Fsp3) is 0.0500. The van der Waals surface area contributed by atoms with Crippen LogP contribution in [0.25, 0.3) is 28.2 Å². The molecule has 0 radical (unpaired) electrons. The lowest BCUT2D eigenvalue weighted by molar-refractivity contribution is -0.114. The number of pyridine rings is 1. The van der Waals surface area contributed by atoms with Gasteiger partial charge in [-0.1, -0.05) is 6.07 Å². The highest BCUT2D eigenvalue weighted by molar-refractivity contribution is 5.89. The molecular formula is C20H14F3N7O. The van der Waals surface area contributed by atoms with Crippen LogP contribution in [0.3, 0.4) is 0 Å². The van der Waals surface area contributed by atoms with Gasteiger partial charge in [-0.25, -0.2) is 18.2 Å². The summed E-state index contributed by atoms with van der Waals surface area (Å²) in [4.78, 5) is 15.2. The Morgan fingerprint density at radius 3 is 2.61 bits per heavy atom. The molecule has 4 aromatic rings. The molecule has 0 saturated heterocycles. The summed E-state index contributed by atoms with van der Waals surface area (Å²) in [7, 11) is 0. The van der Waals surface area contributed by atoms with Crippen molar-refractivity contribution >= 4 is 17.4 Å². The third-order valence-electron chi connectivity index (χ3n) is 4.39. The zero-order chi connectivity index (χ0) is 22.1. The summed E-state index contributed by atoms with van der Waals surface area (Å²) in [6, 6.07) is 9.22. The van der Waals surface area contributed by atoms with E-state index in [0.717, 1.165) is 10.7 Å². The lowest BCUT2D eigenvalue weighted by Crippen LogP contribution is -2.06. The van der Waals surface area contributed by atoms with Crippen LogP contribution < -0.4 is 11.1 Å². The predicted octanol–water partition coefficient (Wildman–Crippen LogP) is 3.35. The molecular weight excluding hydrogens is 411 g/mol. The van der Waals surface area contributed by atoms with Crippen molar-refractivity contribution < 1.29 is 18.0 Å². The second-order valence-corrected chi connectivity index (χ2v) is 6.52. The largest absolute Gasteiger partial charge is 0.383 e. The van der Waals surface area contributed by atoms with E-state index in [0.29, 0.717) is 11.3 Å². The van der Waals surface area contributed by atoms with Gasteiger partial charge in [-0.2, -0.15) is 4.68 Å². The molecule has 0 fully saturated rings. The zero-order valence-corrected chi connectivity index (χ0v) is 16.0. The van der Waals surface area contributed by atoms with E-state index in [4.69, 9.17) is 5.73 Å². The Morgan fingerprint density at radius 1 is 1.06 bits per heavy atom. The van der Waals surface area contributed by atoms with Crippen LogP contribution >= 0.6 is 0 Å². The zero-order valence-electron chi connectivity index (χ0n) is 16.0. The Labute approximate surface area is 173 Å². The number of hydrogen-bond donors (Lipinski definition) is 2. The van der Waals surface area contributed by atoms with Crippen molar-refractivity contribution in [2.75, 3.05) is 11.1 Å². The molecule has 2 heterocycles. The molecule has 0 saturated carbocycles. The highest BCUT2D eigenvalue weighted by Crippen LogP contribution is 2.32. The van der Waals surface area contributed by atoms with Gasteiger partial charge in [-0.15, -0.1) is 5.10 Å². The van der Waals surface area contributed by atoms with Crippen LogP contribution in [-0.4, -0.2) is 31.1 Å². The molecule has 8 nitrogen and oxygen atoms in total. The van der Waals surface area contributed by atoms with Gasteiger partial charge < -0.3 is 11.1 Å². The highest BCUT2D eigenvalue weighted by Gasteiger charge is 2.20. The van der Waals surface area contributed by atoms with Crippen molar-refractivity contribution in [3.8, 4) is 28.2 Å². The Balaban J connectivity index is 1.80. The molecule has 2 aromatic heterocycles. The maximum Gasteiger partial charge on any atom is 0.221 e. The van der Waals surface area contributed by atoms with Crippen LogP contribution in [0, 0.1) is 17.5 Å². The van der Waals surface area contributed by atoms with E-state index in [1.54, 1.807) is 0 Å². The van der Waals surface area contributed by atoms with Crippen molar-refractivity contribution in [3.05, 3.63) is 66.1 Å². The lowest BCUT2D eigenvalue weighted by atomic mass is 10.0. The number of nitrogens with one attached hydrogen (secondary N) is 1. The SMILES string of the molecule is CC(=O)Nc1ccc(-c2cnc(N)c(-c3nnnn3-c3cccc(F)c3F)c2)c(F)c1. The molecule has 0 bridgehead atoms. The Kier molecular flexibility index (Phi) is 5.07. The first-order chi connectivity index (χ1) is 14.8. The molecule has 0 aliphatic carbocycles. The second kappa shape index (κ2) is 7.86. The van der Waals surface area contributed by atoms with E-state index in [9.17, 15) is 18.0 Å². The number of nitrogens with zero attached hydrogens (tertiary/aromatic N) is 5. The first kappa shape index (κ1) is 20.0. The Morgan fingerprint density at radius 2 is 1.87 bits per heavy atom. The van der Waals surface area contributed by atoms with E-state index in [2.05, 4.69) is 25.8 Å². The summed E-state index contributed by atoms with van der Waals surface area (Å²) < 4.78 is 43.6. The fourth-order valence-corrected chi connectivity index (χ4v) is 3.01. The van der Waals surface area contributed by atoms with E-state index in [1.165, 1.54) is 49.5 Å². The minimum atomic E-state index is -1.14. The molecule has 2 aromatic carbocycles. The van der Waals surface area contributed by atoms with Crippen LogP contribution in [0.15, 0.2) is 48.7 Å². The Bertz CT molecular complexity index is 1310. The lowest BCUT2D eigenvalue weighted by Gasteiger charge is -2.11. The van der Waals surface area contributed by atoms with E-state index in [-0.39, 0.29) is 34.4 Å². The standard InChI is InChI=1S/C20H14F3N7O/c1-10(31)26-12-5-6-13(16(22)8-12)11-7-14(19(24)25-9-11)20-27-28-29-30(20)17-4-2-3-15(21)18(17)23/h2-9H,1H3,(H2,24,25)(H,26,31). The first-order valence-corrected chi connectivity index (χ1v) is 8.91. The smallest absolute Gasteiger partial charge is 0.221 e. The summed E-state index contributed by atoms with van der Waals surface area (Å²) >= 11 is 0. The molecule has 31 heavy (non-hydrogen) atoms. The van der Waals surface area contributed by atoms with Crippen molar-refractivity contribution in [1.82, 2.24) is 25.2 Å². The minimum Gasteiger partial charge on any atom is -0.383 e. The number of anilines is 2. The topological polar surface area (TPSA) is 112 Å². The van der Waals surface area contributed by atoms with Crippen LogP contribution in [0.5, 0.6) is 0 Å². The highest BCUT2D eigenvalue weighted by atomic mass is 19.2. The molecule has 156 valence electrons. The molecule has 0 aliphatic rings. The number of hydrogen-bond acceptors (Lipinski definition) is 6. The van der Waals surface area contributed by atoms with Gasteiger partial charge in [0.05, 0.1) is 5.56 Å². The maximum atomic E-state index is 14.7. The van der Waals surface area contributed by atoms with Gasteiger partial charge in [-0.05, 0) is 46.8 Å². The predicted molar refractivity (Wildman–Crippen MR) is 106 cm³/mol. The van der Waals surface area contributed by atoms with Crippen LogP contribution in [0.1, 0.15) is 6.92 Å². The molecule has 0 aliphatic heterocycles. The van der Waals surface area contributed by atoms with Crippen LogP contribution in [-0.2, 0) is 4.79 Å². The number of rotatable bonds is 4. The number of nitrogen functional groups attached to an aromatic ring is 1. The summed E-state index contributed by atoms with van der Waals surface area (Å²) in [6.45, 7) is 1.31. The number of carbonyl (C=O) groups is 1. The van der Waals surface area contributed by atoms with Gasteiger partial charge in [0.2, 0.25) is 5.91 Å². The van der Waals surface area contributed by atoms with Gasteiger partial charge in [0, 0.05) is 29.9 Å². The third-order valence-corrected chi connectivity index (χ3v) is 4.39. The van der Waals surface area contributed by atoms with E-state index < -0.39 is 17.5 Å². The maximum absolute atomic E-state index is 14.7. The van der Waals surface area contributed by atoms with Gasteiger partial charge in [0.1, 0.15) is 17.3 Å². The van der Waals surface area contributed by atoms with Crippen molar-refractivity contribution in [1.29, 1.82) is 0 Å². The average Bonchev–Trinajstić information content (AvgIpc) is 3.20. The van der Waals surface area contributed by atoms with E-state index >= 15 is 0 Å². The van der Waals surface area contributed by atoms with Gasteiger partial charge in [0.15, 0.2) is 17.5 Å². The van der Waals surface area contributed by atoms with Crippen LogP contribution in [0.2, 0.25) is 0 Å².